The SMILES string of the molecule is Cc1cc([N+](=O)[O-])c(Cl)cc1NCCc1ncn[nH]1. The van der Waals surface area contributed by atoms with Gasteiger partial charge in [-0.25, -0.2) is 4.98 Å². The van der Waals surface area contributed by atoms with E-state index in [1.165, 1.54) is 12.4 Å². The Labute approximate surface area is 114 Å². The number of hydrogen-bond donors (Lipinski definition) is 2. The normalized spacial score (nSPS) is 10.4. The lowest BCUT2D eigenvalue weighted by Gasteiger charge is -2.09. The van der Waals surface area contributed by atoms with Gasteiger partial charge in [0.05, 0.1) is 4.92 Å². The van der Waals surface area contributed by atoms with Crippen LogP contribution in [0.15, 0.2) is 18.5 Å². The molecular formula is C11H12ClN5O2. The van der Waals surface area contributed by atoms with Crippen molar-refractivity contribution in [3.8, 4) is 0 Å². The number of halogens is 1. The quantitative estimate of drug-likeness (QED) is 0.647. The molecule has 2 aromatic rings. The molecule has 0 saturated heterocycles. The zero-order chi connectivity index (χ0) is 13.8. The van der Waals surface area contributed by atoms with Crippen LogP contribution in [-0.2, 0) is 6.42 Å². The topological polar surface area (TPSA) is 96.7 Å². The highest BCUT2D eigenvalue weighted by atomic mass is 35.5. The Morgan fingerprint density at radius 2 is 2.32 bits per heavy atom. The third kappa shape index (κ3) is 3.19. The van der Waals surface area contributed by atoms with Gasteiger partial charge in [0, 0.05) is 24.7 Å². The predicted octanol–water partition coefficient (Wildman–Crippen LogP) is 2.33. The molecule has 1 aromatic carbocycles. The van der Waals surface area contributed by atoms with Gasteiger partial charge in [0.25, 0.3) is 5.69 Å². The second kappa shape index (κ2) is 5.66. The van der Waals surface area contributed by atoms with Crippen LogP contribution >= 0.6 is 11.6 Å². The molecule has 19 heavy (non-hydrogen) atoms. The van der Waals surface area contributed by atoms with E-state index in [2.05, 4.69) is 20.5 Å². The lowest BCUT2D eigenvalue weighted by molar-refractivity contribution is -0.384. The molecular weight excluding hydrogens is 270 g/mol. The summed E-state index contributed by atoms with van der Waals surface area (Å²) < 4.78 is 0. The number of aromatic amines is 1. The highest BCUT2D eigenvalue weighted by Crippen LogP contribution is 2.30. The van der Waals surface area contributed by atoms with Crippen LogP contribution in [0.1, 0.15) is 11.4 Å². The van der Waals surface area contributed by atoms with Crippen LogP contribution in [0.4, 0.5) is 11.4 Å². The van der Waals surface area contributed by atoms with Crippen LogP contribution in [0, 0.1) is 17.0 Å². The molecule has 0 saturated carbocycles. The Hall–Kier alpha value is -2.15. The highest BCUT2D eigenvalue weighted by molar-refractivity contribution is 6.33. The Kier molecular flexibility index (Phi) is 3.96. The number of aryl methyl sites for hydroxylation is 1. The number of nitrogens with zero attached hydrogens (tertiary/aromatic N) is 3. The van der Waals surface area contributed by atoms with Crippen molar-refractivity contribution in [3.63, 3.8) is 0 Å². The van der Waals surface area contributed by atoms with Crippen molar-refractivity contribution in [1.82, 2.24) is 15.2 Å². The van der Waals surface area contributed by atoms with Gasteiger partial charge in [-0.05, 0) is 18.6 Å². The van der Waals surface area contributed by atoms with Gasteiger partial charge in [-0.1, -0.05) is 11.6 Å². The summed E-state index contributed by atoms with van der Waals surface area (Å²) in [4.78, 5) is 14.2. The van der Waals surface area contributed by atoms with Crippen molar-refractivity contribution in [2.45, 2.75) is 13.3 Å². The van der Waals surface area contributed by atoms with Crippen LogP contribution in [0.25, 0.3) is 0 Å². The lowest BCUT2D eigenvalue weighted by atomic mass is 10.1. The molecule has 2 rings (SSSR count). The van der Waals surface area contributed by atoms with Gasteiger partial charge in [0.15, 0.2) is 0 Å². The van der Waals surface area contributed by atoms with Gasteiger partial charge in [0.1, 0.15) is 17.2 Å². The fourth-order valence-electron chi connectivity index (χ4n) is 1.66. The lowest BCUT2D eigenvalue weighted by Crippen LogP contribution is -2.07. The minimum Gasteiger partial charge on any atom is -0.384 e. The fraction of sp³-hybridized carbons (Fsp3) is 0.273. The summed E-state index contributed by atoms with van der Waals surface area (Å²) >= 11 is 5.86. The van der Waals surface area contributed by atoms with Crippen molar-refractivity contribution in [2.75, 3.05) is 11.9 Å². The second-order valence-corrected chi connectivity index (χ2v) is 4.39. The Morgan fingerprint density at radius 1 is 1.53 bits per heavy atom. The highest BCUT2D eigenvalue weighted by Gasteiger charge is 2.14. The molecule has 0 amide bonds. The van der Waals surface area contributed by atoms with E-state index < -0.39 is 4.92 Å². The monoisotopic (exact) mass is 281 g/mol. The number of anilines is 1. The average molecular weight is 282 g/mol. The molecule has 2 N–H and O–H groups in total. The number of nitrogens with one attached hydrogen (secondary N) is 2. The van der Waals surface area contributed by atoms with Gasteiger partial charge in [-0.15, -0.1) is 0 Å². The first-order chi connectivity index (χ1) is 9.08. The maximum atomic E-state index is 10.7. The Morgan fingerprint density at radius 3 is 2.95 bits per heavy atom. The van der Waals surface area contributed by atoms with Crippen molar-refractivity contribution in [1.29, 1.82) is 0 Å². The molecule has 0 atom stereocenters. The van der Waals surface area contributed by atoms with Crippen molar-refractivity contribution < 1.29 is 4.92 Å². The van der Waals surface area contributed by atoms with E-state index in [0.29, 0.717) is 13.0 Å². The van der Waals surface area contributed by atoms with Crippen LogP contribution < -0.4 is 5.32 Å². The molecule has 0 fully saturated rings. The summed E-state index contributed by atoms with van der Waals surface area (Å²) in [5.74, 6) is 0.776. The van der Waals surface area contributed by atoms with Gasteiger partial charge in [0.2, 0.25) is 0 Å². The number of rotatable bonds is 5. The van der Waals surface area contributed by atoms with Gasteiger partial charge >= 0.3 is 0 Å². The minimum absolute atomic E-state index is 0.0834. The number of hydrogen-bond acceptors (Lipinski definition) is 5. The third-order valence-corrected chi connectivity index (χ3v) is 2.94. The molecule has 0 spiro atoms. The Bertz CT molecular complexity index is 585. The molecule has 7 nitrogen and oxygen atoms in total. The van der Waals surface area contributed by atoms with Crippen molar-refractivity contribution in [2.24, 2.45) is 0 Å². The maximum Gasteiger partial charge on any atom is 0.288 e. The predicted molar refractivity (Wildman–Crippen MR) is 71.4 cm³/mol. The van der Waals surface area contributed by atoms with E-state index in [9.17, 15) is 10.1 Å². The first kappa shape index (κ1) is 13.3. The van der Waals surface area contributed by atoms with E-state index in [1.54, 1.807) is 13.0 Å². The summed E-state index contributed by atoms with van der Waals surface area (Å²) in [7, 11) is 0. The van der Waals surface area contributed by atoms with E-state index in [1.807, 2.05) is 0 Å². The first-order valence-corrected chi connectivity index (χ1v) is 5.98. The second-order valence-electron chi connectivity index (χ2n) is 3.98. The molecule has 0 radical (unpaired) electrons. The molecule has 1 heterocycles. The molecule has 1 aromatic heterocycles. The molecule has 0 aliphatic heterocycles. The van der Waals surface area contributed by atoms with E-state index in [0.717, 1.165) is 17.1 Å². The standard InChI is InChI=1S/C11H12ClN5O2/c1-7-4-10(17(18)19)8(12)5-9(7)13-3-2-11-14-6-15-16-11/h4-6,13H,2-3H2,1H3,(H,14,15,16). The summed E-state index contributed by atoms with van der Waals surface area (Å²) in [5, 5.41) is 20.5. The number of aromatic nitrogens is 3. The van der Waals surface area contributed by atoms with Crippen LogP contribution in [-0.4, -0.2) is 26.6 Å². The van der Waals surface area contributed by atoms with E-state index in [-0.39, 0.29) is 10.7 Å². The number of H-pyrrole nitrogens is 1. The minimum atomic E-state index is -0.492. The zero-order valence-electron chi connectivity index (χ0n) is 10.2. The third-order valence-electron chi connectivity index (χ3n) is 2.63. The van der Waals surface area contributed by atoms with Crippen molar-refractivity contribution in [3.05, 3.63) is 45.0 Å². The van der Waals surface area contributed by atoms with Crippen LogP contribution in [0.5, 0.6) is 0 Å². The number of nitro groups is 1. The Balaban J connectivity index is 2.04. The summed E-state index contributed by atoms with van der Waals surface area (Å²) in [6.45, 7) is 2.42. The van der Waals surface area contributed by atoms with E-state index >= 15 is 0 Å². The number of benzene rings is 1. The molecule has 0 aliphatic carbocycles. The van der Waals surface area contributed by atoms with Crippen molar-refractivity contribution >= 4 is 23.0 Å². The summed E-state index contributed by atoms with van der Waals surface area (Å²) in [5.41, 5.74) is 1.46. The fourth-order valence-corrected chi connectivity index (χ4v) is 1.90. The van der Waals surface area contributed by atoms with Gasteiger partial charge in [-0.2, -0.15) is 5.10 Å². The zero-order valence-corrected chi connectivity index (χ0v) is 10.9. The molecule has 0 bridgehead atoms. The van der Waals surface area contributed by atoms with E-state index in [4.69, 9.17) is 11.6 Å². The molecule has 8 heteroatoms. The smallest absolute Gasteiger partial charge is 0.288 e. The number of nitro benzene ring substituents is 1. The van der Waals surface area contributed by atoms with Crippen LogP contribution in [0.3, 0.4) is 0 Å². The first-order valence-electron chi connectivity index (χ1n) is 5.60. The van der Waals surface area contributed by atoms with Gasteiger partial charge in [-0.3, -0.25) is 15.2 Å². The molecule has 0 aliphatic rings. The average Bonchev–Trinajstić information content (AvgIpc) is 2.85. The maximum absolute atomic E-state index is 10.7. The summed E-state index contributed by atoms with van der Waals surface area (Å²) in [6.07, 6.45) is 2.12. The largest absolute Gasteiger partial charge is 0.384 e. The molecule has 0 unspecified atom stereocenters. The van der Waals surface area contributed by atoms with Gasteiger partial charge < -0.3 is 5.32 Å². The van der Waals surface area contributed by atoms with Crippen LogP contribution in [0.2, 0.25) is 5.02 Å². The molecule has 100 valence electrons. The summed E-state index contributed by atoms with van der Waals surface area (Å²) in [6, 6.07) is 3.02.